The zero-order chi connectivity index (χ0) is 17.7. The van der Waals surface area contributed by atoms with Crippen LogP contribution in [0.2, 0.25) is 5.02 Å². The molecule has 1 aliphatic rings. The molecule has 1 fully saturated rings. The van der Waals surface area contributed by atoms with Crippen molar-refractivity contribution in [1.82, 2.24) is 4.90 Å². The lowest BCUT2D eigenvalue weighted by atomic mass is 10.1. The Kier molecular flexibility index (Phi) is 6.75. The molecule has 1 aromatic carbocycles. The van der Waals surface area contributed by atoms with Crippen molar-refractivity contribution in [1.29, 1.82) is 0 Å². The largest absolute Gasteiger partial charge is 0.490 e. The van der Waals surface area contributed by atoms with E-state index in [1.54, 1.807) is 17.0 Å². The molecule has 0 radical (unpaired) electrons. The highest BCUT2D eigenvalue weighted by molar-refractivity contribution is 6.32. The molecule has 0 bridgehead atoms. The number of carbonyl (C=O) groups is 1. The normalized spacial score (nSPS) is 20.8. The van der Waals surface area contributed by atoms with Crippen LogP contribution in [0, 0.1) is 0 Å². The summed E-state index contributed by atoms with van der Waals surface area (Å²) in [5.41, 5.74) is 0.508. The van der Waals surface area contributed by atoms with Crippen LogP contribution >= 0.6 is 11.6 Å². The minimum Gasteiger partial charge on any atom is -0.490 e. The van der Waals surface area contributed by atoms with Gasteiger partial charge in [-0.25, -0.2) is 0 Å². The minimum absolute atomic E-state index is 0.0201. The summed E-state index contributed by atoms with van der Waals surface area (Å²) in [4.78, 5) is 14.6. The van der Waals surface area contributed by atoms with Crippen LogP contribution < -0.4 is 9.47 Å². The third-order valence-electron chi connectivity index (χ3n) is 3.71. The van der Waals surface area contributed by atoms with Crippen LogP contribution in [-0.4, -0.2) is 49.3 Å². The Balaban J connectivity index is 2.27. The van der Waals surface area contributed by atoms with Gasteiger partial charge in [-0.3, -0.25) is 4.79 Å². The van der Waals surface area contributed by atoms with E-state index in [2.05, 4.69) is 0 Å². The average molecular weight is 356 g/mol. The number of benzene rings is 1. The first kappa shape index (κ1) is 18.9. The molecular formula is C18H26ClNO4. The molecule has 0 saturated carbocycles. The zero-order valence-electron chi connectivity index (χ0n) is 14.8. The van der Waals surface area contributed by atoms with E-state index in [0.717, 1.165) is 6.42 Å². The minimum atomic E-state index is -0.0677. The van der Waals surface area contributed by atoms with Gasteiger partial charge >= 0.3 is 0 Å². The Morgan fingerprint density at radius 2 is 1.92 bits per heavy atom. The van der Waals surface area contributed by atoms with Crippen LogP contribution in [0.25, 0.3) is 0 Å². The fourth-order valence-electron chi connectivity index (χ4n) is 2.82. The predicted octanol–water partition coefficient (Wildman–Crippen LogP) is 3.78. The summed E-state index contributed by atoms with van der Waals surface area (Å²) in [7, 11) is 0. The third-order valence-corrected chi connectivity index (χ3v) is 3.99. The van der Waals surface area contributed by atoms with E-state index in [0.29, 0.717) is 48.4 Å². The van der Waals surface area contributed by atoms with Gasteiger partial charge in [-0.05, 0) is 39.3 Å². The lowest BCUT2D eigenvalue weighted by molar-refractivity contribution is -0.0586. The number of hydrogen-bond donors (Lipinski definition) is 0. The molecule has 134 valence electrons. The molecule has 0 aliphatic carbocycles. The van der Waals surface area contributed by atoms with Gasteiger partial charge in [0.15, 0.2) is 11.5 Å². The number of rotatable bonds is 6. The highest BCUT2D eigenvalue weighted by atomic mass is 35.5. The first-order chi connectivity index (χ1) is 11.5. The van der Waals surface area contributed by atoms with E-state index in [1.807, 2.05) is 27.7 Å². The van der Waals surface area contributed by atoms with Gasteiger partial charge in [0.1, 0.15) is 0 Å². The third kappa shape index (κ3) is 4.54. The van der Waals surface area contributed by atoms with Crippen LogP contribution in [0.15, 0.2) is 12.1 Å². The smallest absolute Gasteiger partial charge is 0.254 e. The van der Waals surface area contributed by atoms with Crippen LogP contribution in [0.3, 0.4) is 0 Å². The molecule has 2 rings (SSSR count). The van der Waals surface area contributed by atoms with Crippen LogP contribution in [0.1, 0.15) is 44.5 Å². The number of morpholine rings is 1. The van der Waals surface area contributed by atoms with Crippen molar-refractivity contribution in [2.45, 2.75) is 46.3 Å². The van der Waals surface area contributed by atoms with E-state index in [-0.39, 0.29) is 18.1 Å². The van der Waals surface area contributed by atoms with Crippen molar-refractivity contribution >= 4 is 17.5 Å². The second-order valence-corrected chi connectivity index (χ2v) is 6.44. The number of hydrogen-bond acceptors (Lipinski definition) is 4. The maximum absolute atomic E-state index is 12.8. The van der Waals surface area contributed by atoms with E-state index >= 15 is 0 Å². The highest BCUT2D eigenvalue weighted by Gasteiger charge is 2.27. The van der Waals surface area contributed by atoms with Crippen molar-refractivity contribution < 1.29 is 19.0 Å². The van der Waals surface area contributed by atoms with Gasteiger partial charge in [0, 0.05) is 18.7 Å². The SMILES string of the molecule is CCCOc1c(Cl)cc(C(=O)N2C[C@H](C)O[C@@H](C)C2)cc1OCC. The lowest BCUT2D eigenvalue weighted by Crippen LogP contribution is -2.48. The van der Waals surface area contributed by atoms with Gasteiger partial charge in [0.25, 0.3) is 5.91 Å². The molecule has 1 aliphatic heterocycles. The van der Waals surface area contributed by atoms with Crippen molar-refractivity contribution in [3.63, 3.8) is 0 Å². The van der Waals surface area contributed by atoms with Gasteiger partial charge in [0.05, 0.1) is 30.4 Å². The van der Waals surface area contributed by atoms with E-state index < -0.39 is 0 Å². The summed E-state index contributed by atoms with van der Waals surface area (Å²) in [5, 5.41) is 0.395. The molecule has 1 amide bonds. The van der Waals surface area contributed by atoms with Crippen LogP contribution in [0.5, 0.6) is 11.5 Å². The van der Waals surface area contributed by atoms with E-state index in [9.17, 15) is 4.79 Å². The quantitative estimate of drug-likeness (QED) is 0.779. The second kappa shape index (κ2) is 8.58. The van der Waals surface area contributed by atoms with Crippen molar-refractivity contribution in [2.75, 3.05) is 26.3 Å². The molecule has 5 nitrogen and oxygen atoms in total. The molecule has 0 aromatic heterocycles. The summed E-state index contributed by atoms with van der Waals surface area (Å²) < 4.78 is 17.0. The Morgan fingerprint density at radius 3 is 2.50 bits per heavy atom. The first-order valence-electron chi connectivity index (χ1n) is 8.50. The van der Waals surface area contributed by atoms with Gasteiger partial charge < -0.3 is 19.1 Å². The number of nitrogens with zero attached hydrogens (tertiary/aromatic N) is 1. The van der Waals surface area contributed by atoms with Crippen LogP contribution in [0.4, 0.5) is 0 Å². The Hall–Kier alpha value is -1.46. The molecule has 2 atom stereocenters. The summed E-state index contributed by atoms with van der Waals surface area (Å²) in [6.07, 6.45) is 0.907. The van der Waals surface area contributed by atoms with E-state index in [1.165, 1.54) is 0 Å². The maximum Gasteiger partial charge on any atom is 0.254 e. The molecule has 0 spiro atoms. The summed E-state index contributed by atoms with van der Waals surface area (Å²) in [6, 6.07) is 3.37. The first-order valence-corrected chi connectivity index (χ1v) is 8.87. The maximum atomic E-state index is 12.8. The second-order valence-electron chi connectivity index (χ2n) is 6.03. The van der Waals surface area contributed by atoms with Crippen molar-refractivity contribution in [3.8, 4) is 11.5 Å². The van der Waals surface area contributed by atoms with E-state index in [4.69, 9.17) is 25.8 Å². The molecule has 1 heterocycles. The average Bonchev–Trinajstić information content (AvgIpc) is 2.52. The van der Waals surface area contributed by atoms with Crippen molar-refractivity contribution in [3.05, 3.63) is 22.7 Å². The lowest BCUT2D eigenvalue weighted by Gasteiger charge is -2.35. The van der Waals surface area contributed by atoms with Gasteiger partial charge in [0.2, 0.25) is 0 Å². The van der Waals surface area contributed by atoms with Crippen LogP contribution in [-0.2, 0) is 4.74 Å². The Morgan fingerprint density at radius 1 is 1.25 bits per heavy atom. The monoisotopic (exact) mass is 355 g/mol. The molecular weight excluding hydrogens is 330 g/mol. The molecule has 24 heavy (non-hydrogen) atoms. The molecule has 0 N–H and O–H groups in total. The summed E-state index contributed by atoms with van der Waals surface area (Å²) >= 11 is 6.35. The fraction of sp³-hybridized carbons (Fsp3) is 0.611. The number of ether oxygens (including phenoxy) is 3. The molecule has 1 saturated heterocycles. The van der Waals surface area contributed by atoms with Gasteiger partial charge in [-0.1, -0.05) is 18.5 Å². The van der Waals surface area contributed by atoms with Gasteiger partial charge in [-0.2, -0.15) is 0 Å². The predicted molar refractivity (Wildman–Crippen MR) is 94.3 cm³/mol. The molecule has 0 unspecified atom stereocenters. The Bertz CT molecular complexity index is 568. The Labute approximate surface area is 148 Å². The fourth-order valence-corrected chi connectivity index (χ4v) is 3.09. The zero-order valence-corrected chi connectivity index (χ0v) is 15.6. The number of amides is 1. The molecule has 6 heteroatoms. The standard InChI is InChI=1S/C18H26ClNO4/c1-5-7-23-17-15(19)8-14(9-16(17)22-6-2)18(21)20-10-12(3)24-13(4)11-20/h8-9,12-13H,5-7,10-11H2,1-4H3/t12-,13-/m0/s1. The van der Waals surface area contributed by atoms with Crippen molar-refractivity contribution in [2.24, 2.45) is 0 Å². The number of halogens is 1. The number of carbonyl (C=O) groups excluding carboxylic acids is 1. The summed E-state index contributed by atoms with van der Waals surface area (Å²) in [5.74, 6) is 0.943. The van der Waals surface area contributed by atoms with Gasteiger partial charge in [-0.15, -0.1) is 0 Å². The highest BCUT2D eigenvalue weighted by Crippen LogP contribution is 2.37. The molecule has 1 aromatic rings. The summed E-state index contributed by atoms with van der Waals surface area (Å²) in [6.45, 7) is 10.0. The topological polar surface area (TPSA) is 48.0 Å².